The number of aliphatic imine (C=N–C) groups is 1. The molecule has 0 spiro atoms. The number of carbonyl (C=O) groups excluding carboxylic acids is 1. The summed E-state index contributed by atoms with van der Waals surface area (Å²) in [6.45, 7) is 10.4. The van der Waals surface area contributed by atoms with E-state index >= 15 is 0 Å². The van der Waals surface area contributed by atoms with E-state index in [4.69, 9.17) is 9.47 Å². The van der Waals surface area contributed by atoms with Gasteiger partial charge in [0.2, 0.25) is 5.91 Å². The summed E-state index contributed by atoms with van der Waals surface area (Å²) in [5, 5.41) is 16.9. The number of benzene rings is 1. The normalized spacial score (nSPS) is 16.2. The Bertz CT molecular complexity index is 710. The van der Waals surface area contributed by atoms with E-state index in [2.05, 4.69) is 25.4 Å². The molecule has 2 rings (SSSR count). The van der Waals surface area contributed by atoms with Crippen LogP contribution >= 0.6 is 0 Å². The number of methoxy groups -OCH3 is 2. The SMILES string of the molecule is CCNC(=NCC(O)c1cc(OC)cc(OC)c1)N1CCN(CC(=O)NC(C)C)CC1. The Hall–Kier alpha value is -2.52. The van der Waals surface area contributed by atoms with Gasteiger partial charge in [0.25, 0.3) is 0 Å². The quantitative estimate of drug-likeness (QED) is 0.391. The van der Waals surface area contributed by atoms with Crippen LogP contribution in [-0.4, -0.2) is 92.8 Å². The summed E-state index contributed by atoms with van der Waals surface area (Å²) in [5.74, 6) is 2.08. The second kappa shape index (κ2) is 12.4. The first-order valence-corrected chi connectivity index (χ1v) is 10.8. The summed E-state index contributed by atoms with van der Waals surface area (Å²) < 4.78 is 10.6. The number of aliphatic hydroxyl groups is 1. The molecule has 0 aromatic heterocycles. The molecule has 1 atom stereocenters. The van der Waals surface area contributed by atoms with Crippen molar-refractivity contribution in [2.45, 2.75) is 32.9 Å². The topological polar surface area (TPSA) is 98.7 Å². The minimum absolute atomic E-state index is 0.0564. The maximum Gasteiger partial charge on any atom is 0.234 e. The first-order valence-electron chi connectivity index (χ1n) is 10.8. The van der Waals surface area contributed by atoms with Crippen LogP contribution < -0.4 is 20.1 Å². The van der Waals surface area contributed by atoms with Gasteiger partial charge in [-0.1, -0.05) is 0 Å². The molecule has 1 aliphatic heterocycles. The lowest BCUT2D eigenvalue weighted by molar-refractivity contribution is -0.123. The van der Waals surface area contributed by atoms with E-state index in [-0.39, 0.29) is 18.5 Å². The first kappa shape index (κ1) is 24.7. The predicted molar refractivity (Wildman–Crippen MR) is 122 cm³/mol. The summed E-state index contributed by atoms with van der Waals surface area (Å²) in [6.07, 6.45) is -0.779. The van der Waals surface area contributed by atoms with E-state index in [1.165, 1.54) is 0 Å². The number of carbonyl (C=O) groups is 1. The molecular formula is C22H37N5O4. The van der Waals surface area contributed by atoms with Crippen LogP contribution in [0.1, 0.15) is 32.4 Å². The molecule has 1 fully saturated rings. The van der Waals surface area contributed by atoms with Crippen LogP contribution in [0.2, 0.25) is 0 Å². The van der Waals surface area contributed by atoms with E-state index in [1.54, 1.807) is 32.4 Å². The van der Waals surface area contributed by atoms with Gasteiger partial charge in [0, 0.05) is 44.8 Å². The molecule has 1 aromatic rings. The zero-order valence-electron chi connectivity index (χ0n) is 19.4. The summed E-state index contributed by atoms with van der Waals surface area (Å²) in [5.41, 5.74) is 0.691. The average Bonchev–Trinajstić information content (AvgIpc) is 2.76. The lowest BCUT2D eigenvalue weighted by Crippen LogP contribution is -2.54. The van der Waals surface area contributed by atoms with Crippen molar-refractivity contribution >= 4 is 11.9 Å². The van der Waals surface area contributed by atoms with E-state index in [1.807, 2.05) is 20.8 Å². The lowest BCUT2D eigenvalue weighted by Gasteiger charge is -2.36. The highest BCUT2D eigenvalue weighted by Crippen LogP contribution is 2.26. The van der Waals surface area contributed by atoms with Gasteiger partial charge < -0.3 is 30.1 Å². The maximum absolute atomic E-state index is 12.0. The van der Waals surface area contributed by atoms with Crippen molar-refractivity contribution in [3.8, 4) is 11.5 Å². The molecule has 1 saturated heterocycles. The molecular weight excluding hydrogens is 398 g/mol. The van der Waals surface area contributed by atoms with E-state index in [9.17, 15) is 9.90 Å². The molecule has 174 valence electrons. The van der Waals surface area contributed by atoms with E-state index < -0.39 is 6.10 Å². The Kier molecular flexibility index (Phi) is 9.87. The fourth-order valence-electron chi connectivity index (χ4n) is 3.41. The molecule has 31 heavy (non-hydrogen) atoms. The Morgan fingerprint density at radius 2 is 1.74 bits per heavy atom. The van der Waals surface area contributed by atoms with Crippen LogP contribution in [0.15, 0.2) is 23.2 Å². The monoisotopic (exact) mass is 435 g/mol. The van der Waals surface area contributed by atoms with Crippen LogP contribution in [0, 0.1) is 0 Å². The van der Waals surface area contributed by atoms with Gasteiger partial charge in [0.1, 0.15) is 11.5 Å². The number of amides is 1. The maximum atomic E-state index is 12.0. The standard InChI is InChI=1S/C22H37N5O4/c1-6-23-22(27-9-7-26(8-10-27)15-21(29)25-16(2)3)24-14-20(28)17-11-18(30-4)13-19(12-17)31-5/h11-13,16,20,28H,6-10,14-15H2,1-5H3,(H,23,24)(H,25,29). The highest BCUT2D eigenvalue weighted by Gasteiger charge is 2.22. The Balaban J connectivity index is 1.97. The van der Waals surface area contributed by atoms with Crippen molar-refractivity contribution in [3.63, 3.8) is 0 Å². The molecule has 3 N–H and O–H groups in total. The summed E-state index contributed by atoms with van der Waals surface area (Å²) in [4.78, 5) is 21.0. The number of nitrogens with zero attached hydrogens (tertiary/aromatic N) is 3. The molecule has 0 saturated carbocycles. The Labute approximate surface area is 185 Å². The van der Waals surface area contributed by atoms with Gasteiger partial charge in [0.15, 0.2) is 5.96 Å². The number of piperazine rings is 1. The van der Waals surface area contributed by atoms with Crippen LogP contribution in [0.25, 0.3) is 0 Å². The molecule has 1 amide bonds. The average molecular weight is 436 g/mol. The number of rotatable bonds is 9. The number of nitrogens with one attached hydrogen (secondary N) is 2. The number of ether oxygens (including phenoxy) is 2. The second-order valence-corrected chi connectivity index (χ2v) is 7.84. The van der Waals surface area contributed by atoms with Crippen molar-refractivity contribution in [3.05, 3.63) is 23.8 Å². The zero-order chi connectivity index (χ0) is 22.8. The minimum atomic E-state index is -0.779. The molecule has 1 aliphatic rings. The largest absolute Gasteiger partial charge is 0.497 e. The predicted octanol–water partition coefficient (Wildman–Crippen LogP) is 0.845. The summed E-state index contributed by atoms with van der Waals surface area (Å²) >= 11 is 0. The van der Waals surface area contributed by atoms with Crippen molar-refractivity contribution in [1.82, 2.24) is 20.4 Å². The fraction of sp³-hybridized carbons (Fsp3) is 0.636. The highest BCUT2D eigenvalue weighted by molar-refractivity contribution is 5.80. The van der Waals surface area contributed by atoms with Crippen molar-refractivity contribution in [2.24, 2.45) is 4.99 Å². The Morgan fingerprint density at radius 1 is 1.13 bits per heavy atom. The highest BCUT2D eigenvalue weighted by atomic mass is 16.5. The van der Waals surface area contributed by atoms with Gasteiger partial charge in [0.05, 0.1) is 33.4 Å². The zero-order valence-corrected chi connectivity index (χ0v) is 19.4. The van der Waals surface area contributed by atoms with Crippen molar-refractivity contribution in [1.29, 1.82) is 0 Å². The number of aliphatic hydroxyl groups excluding tert-OH is 1. The van der Waals surface area contributed by atoms with Gasteiger partial charge in [-0.05, 0) is 38.5 Å². The van der Waals surface area contributed by atoms with Crippen LogP contribution in [0.4, 0.5) is 0 Å². The van der Waals surface area contributed by atoms with Crippen LogP contribution in [0.3, 0.4) is 0 Å². The van der Waals surface area contributed by atoms with Gasteiger partial charge >= 0.3 is 0 Å². The molecule has 0 aliphatic carbocycles. The smallest absolute Gasteiger partial charge is 0.234 e. The number of guanidine groups is 1. The van der Waals surface area contributed by atoms with Gasteiger partial charge in [-0.25, -0.2) is 0 Å². The van der Waals surface area contributed by atoms with Gasteiger partial charge in [-0.15, -0.1) is 0 Å². The Morgan fingerprint density at radius 3 is 2.26 bits per heavy atom. The second-order valence-electron chi connectivity index (χ2n) is 7.84. The minimum Gasteiger partial charge on any atom is -0.497 e. The van der Waals surface area contributed by atoms with Crippen LogP contribution in [-0.2, 0) is 4.79 Å². The molecule has 1 aromatic carbocycles. The molecule has 9 heteroatoms. The molecule has 1 heterocycles. The van der Waals surface area contributed by atoms with Crippen LogP contribution in [0.5, 0.6) is 11.5 Å². The number of hydrogen-bond acceptors (Lipinski definition) is 6. The van der Waals surface area contributed by atoms with E-state index in [0.29, 0.717) is 23.6 Å². The van der Waals surface area contributed by atoms with Crippen molar-refractivity contribution < 1.29 is 19.4 Å². The molecule has 0 radical (unpaired) electrons. The fourth-order valence-corrected chi connectivity index (χ4v) is 3.41. The molecule has 0 bridgehead atoms. The lowest BCUT2D eigenvalue weighted by atomic mass is 10.1. The molecule has 1 unspecified atom stereocenters. The first-order chi connectivity index (χ1) is 14.9. The van der Waals surface area contributed by atoms with E-state index in [0.717, 1.165) is 38.7 Å². The number of hydrogen-bond donors (Lipinski definition) is 3. The third kappa shape index (κ3) is 7.91. The van der Waals surface area contributed by atoms with Gasteiger partial charge in [-0.2, -0.15) is 0 Å². The summed E-state index contributed by atoms with van der Waals surface area (Å²) in [7, 11) is 3.16. The molecule has 9 nitrogen and oxygen atoms in total. The summed E-state index contributed by atoms with van der Waals surface area (Å²) in [6, 6.07) is 5.50. The van der Waals surface area contributed by atoms with Crippen molar-refractivity contribution in [2.75, 3.05) is 60.0 Å². The van der Waals surface area contributed by atoms with Gasteiger partial charge in [-0.3, -0.25) is 14.7 Å². The third-order valence-electron chi connectivity index (χ3n) is 5.00. The third-order valence-corrected chi connectivity index (χ3v) is 5.00.